The van der Waals surface area contributed by atoms with Crippen LogP contribution >= 0.6 is 0 Å². The van der Waals surface area contributed by atoms with Crippen LogP contribution < -0.4 is 9.80 Å². The third kappa shape index (κ3) is 6.38. The highest BCUT2D eigenvalue weighted by Gasteiger charge is 2.15. The molecule has 0 atom stereocenters. The van der Waals surface area contributed by atoms with Gasteiger partial charge >= 0.3 is 0 Å². The van der Waals surface area contributed by atoms with Crippen molar-refractivity contribution in [2.75, 3.05) is 9.80 Å². The molecule has 6 aromatic carbocycles. The Balaban J connectivity index is 1.35. The lowest BCUT2D eigenvalue weighted by molar-refractivity contribution is 1.28. The monoisotopic (exact) mass is 592 g/mol. The smallest absolute Gasteiger partial charge is 0.0467 e. The molecule has 46 heavy (non-hydrogen) atoms. The van der Waals surface area contributed by atoms with Crippen LogP contribution in [-0.2, 0) is 0 Å². The molecule has 0 heterocycles. The summed E-state index contributed by atoms with van der Waals surface area (Å²) >= 11 is 0. The van der Waals surface area contributed by atoms with Crippen LogP contribution in [0.5, 0.6) is 0 Å². The van der Waals surface area contributed by atoms with E-state index < -0.39 is 0 Å². The normalized spacial score (nSPS) is 10.5. The first-order chi connectivity index (χ1) is 22.6. The number of nitrogens with zero attached hydrogens (tertiary/aromatic N) is 2. The Bertz CT molecular complexity index is 1760. The van der Waals surface area contributed by atoms with Gasteiger partial charge in [0.15, 0.2) is 0 Å². The Kier molecular flexibility index (Phi) is 8.90. The van der Waals surface area contributed by atoms with E-state index in [-0.39, 0.29) is 0 Å². The lowest BCUT2D eigenvalue weighted by Gasteiger charge is -2.27. The summed E-state index contributed by atoms with van der Waals surface area (Å²) in [5, 5.41) is 0. The highest BCUT2D eigenvalue weighted by molar-refractivity contribution is 5.82. The molecular weight excluding hydrogens is 556 g/mol. The Hall–Kier alpha value is -6.12. The van der Waals surface area contributed by atoms with Crippen molar-refractivity contribution in [1.29, 1.82) is 0 Å². The van der Waals surface area contributed by atoms with E-state index in [9.17, 15) is 0 Å². The summed E-state index contributed by atoms with van der Waals surface area (Å²) in [6.07, 6.45) is 7.51. The quantitative estimate of drug-likeness (QED) is 0.148. The molecule has 2 heteroatoms. The van der Waals surface area contributed by atoms with Gasteiger partial charge in [0.25, 0.3) is 0 Å². The SMILES string of the molecule is C=Cc1cccc(N(c2ccc(-c3ccc(N(c4cccc(C=C)c4)c4cccc(C=C)c4)cc3)cc2)c2cccc(C=C)c2)c1. The lowest BCUT2D eigenvalue weighted by atomic mass is 10.0. The van der Waals surface area contributed by atoms with Gasteiger partial charge in [-0.1, -0.05) is 123 Å². The van der Waals surface area contributed by atoms with Crippen molar-refractivity contribution < 1.29 is 0 Å². The Morgan fingerprint density at radius 2 is 0.565 bits per heavy atom. The minimum atomic E-state index is 1.07. The van der Waals surface area contributed by atoms with Crippen molar-refractivity contribution in [2.45, 2.75) is 0 Å². The van der Waals surface area contributed by atoms with Crippen molar-refractivity contribution in [1.82, 2.24) is 0 Å². The number of rotatable bonds is 11. The topological polar surface area (TPSA) is 6.48 Å². The van der Waals surface area contributed by atoms with Crippen molar-refractivity contribution >= 4 is 58.4 Å². The third-order valence-electron chi connectivity index (χ3n) is 8.04. The summed E-state index contributed by atoms with van der Waals surface area (Å²) in [7, 11) is 0. The van der Waals surface area contributed by atoms with E-state index in [4.69, 9.17) is 0 Å². The summed E-state index contributed by atoms with van der Waals surface area (Å²) in [6.45, 7) is 15.9. The molecule has 222 valence electrons. The van der Waals surface area contributed by atoms with Gasteiger partial charge in [-0.2, -0.15) is 0 Å². The van der Waals surface area contributed by atoms with Gasteiger partial charge in [0, 0.05) is 34.1 Å². The van der Waals surface area contributed by atoms with Gasteiger partial charge in [-0.3, -0.25) is 0 Å². The standard InChI is InChI=1S/C44H36N2/c1-5-33-13-9-17-41(29-33)45(42-18-10-14-34(6-2)30-42)39-25-21-37(22-26-39)38-23-27-40(28-24-38)46(43-19-11-15-35(7-3)31-43)44-20-12-16-36(8-4)32-44/h5-32H,1-4H2. The molecule has 6 aromatic rings. The van der Waals surface area contributed by atoms with Crippen LogP contribution in [0.25, 0.3) is 35.4 Å². The first-order valence-electron chi connectivity index (χ1n) is 15.3. The zero-order valence-electron chi connectivity index (χ0n) is 25.9. The molecule has 2 nitrogen and oxygen atoms in total. The van der Waals surface area contributed by atoms with E-state index in [1.54, 1.807) is 0 Å². The second kappa shape index (κ2) is 13.7. The second-order valence-corrected chi connectivity index (χ2v) is 11.0. The maximum absolute atomic E-state index is 3.97. The maximum atomic E-state index is 3.97. The fourth-order valence-electron chi connectivity index (χ4n) is 5.66. The zero-order chi connectivity index (χ0) is 31.9. The molecule has 6 rings (SSSR count). The molecule has 0 saturated carbocycles. The molecule has 0 unspecified atom stereocenters. The van der Waals surface area contributed by atoms with Gasteiger partial charge in [-0.05, 0) is 106 Å². The van der Waals surface area contributed by atoms with Gasteiger partial charge in [-0.25, -0.2) is 0 Å². The van der Waals surface area contributed by atoms with Crippen molar-refractivity contribution in [3.63, 3.8) is 0 Å². The van der Waals surface area contributed by atoms with E-state index >= 15 is 0 Å². The van der Waals surface area contributed by atoms with E-state index in [0.29, 0.717) is 0 Å². The van der Waals surface area contributed by atoms with Crippen LogP contribution in [0.3, 0.4) is 0 Å². The van der Waals surface area contributed by atoms with E-state index in [2.05, 4.69) is 182 Å². The molecule has 0 aliphatic heterocycles. The summed E-state index contributed by atoms with van der Waals surface area (Å²) in [6, 6.07) is 51.1. The Morgan fingerprint density at radius 3 is 0.804 bits per heavy atom. The first-order valence-corrected chi connectivity index (χ1v) is 15.3. The van der Waals surface area contributed by atoms with Gasteiger partial charge in [0.05, 0.1) is 0 Å². The molecule has 0 aliphatic rings. The van der Waals surface area contributed by atoms with Crippen LogP contribution in [0.15, 0.2) is 172 Å². The molecule has 0 aliphatic carbocycles. The van der Waals surface area contributed by atoms with Crippen molar-refractivity contribution in [3.05, 3.63) is 194 Å². The minimum Gasteiger partial charge on any atom is -0.310 e. The number of hydrogen-bond acceptors (Lipinski definition) is 2. The highest BCUT2D eigenvalue weighted by atomic mass is 15.1. The van der Waals surface area contributed by atoms with Crippen LogP contribution in [-0.4, -0.2) is 0 Å². The first kappa shape index (κ1) is 29.9. The highest BCUT2D eigenvalue weighted by Crippen LogP contribution is 2.39. The molecule has 0 spiro atoms. The fourth-order valence-corrected chi connectivity index (χ4v) is 5.66. The lowest BCUT2D eigenvalue weighted by Crippen LogP contribution is -2.10. The van der Waals surface area contributed by atoms with Crippen LogP contribution in [0.4, 0.5) is 34.1 Å². The molecular formula is C44H36N2. The molecule has 0 aromatic heterocycles. The average molecular weight is 593 g/mol. The Labute approximate surface area is 272 Å². The van der Waals surface area contributed by atoms with Crippen molar-refractivity contribution in [3.8, 4) is 11.1 Å². The zero-order valence-corrected chi connectivity index (χ0v) is 25.9. The molecule has 0 fully saturated rings. The minimum absolute atomic E-state index is 1.07. The average Bonchev–Trinajstić information content (AvgIpc) is 3.13. The number of anilines is 6. The predicted octanol–water partition coefficient (Wildman–Crippen LogP) is 12.9. The molecule has 0 N–H and O–H groups in total. The molecule has 0 amide bonds. The summed E-state index contributed by atoms with van der Waals surface area (Å²) in [5.41, 5.74) is 13.0. The predicted molar refractivity (Wildman–Crippen MR) is 202 cm³/mol. The Morgan fingerprint density at radius 1 is 0.304 bits per heavy atom. The van der Waals surface area contributed by atoms with Gasteiger partial charge in [0.2, 0.25) is 0 Å². The third-order valence-corrected chi connectivity index (χ3v) is 8.04. The van der Waals surface area contributed by atoms with E-state index in [0.717, 1.165) is 67.5 Å². The van der Waals surface area contributed by atoms with Gasteiger partial charge < -0.3 is 9.80 Å². The number of hydrogen-bond donors (Lipinski definition) is 0. The van der Waals surface area contributed by atoms with Crippen molar-refractivity contribution in [2.24, 2.45) is 0 Å². The molecule has 0 saturated heterocycles. The van der Waals surface area contributed by atoms with E-state index in [1.165, 1.54) is 0 Å². The van der Waals surface area contributed by atoms with Gasteiger partial charge in [0.1, 0.15) is 0 Å². The summed E-state index contributed by atoms with van der Waals surface area (Å²) < 4.78 is 0. The second-order valence-electron chi connectivity index (χ2n) is 11.0. The van der Waals surface area contributed by atoms with Crippen LogP contribution in [0, 0.1) is 0 Å². The van der Waals surface area contributed by atoms with Crippen LogP contribution in [0.2, 0.25) is 0 Å². The largest absolute Gasteiger partial charge is 0.310 e. The number of benzene rings is 6. The van der Waals surface area contributed by atoms with Crippen LogP contribution in [0.1, 0.15) is 22.3 Å². The molecule has 0 bridgehead atoms. The summed E-state index contributed by atoms with van der Waals surface area (Å²) in [4.78, 5) is 4.53. The fraction of sp³-hybridized carbons (Fsp3) is 0. The van der Waals surface area contributed by atoms with Gasteiger partial charge in [-0.15, -0.1) is 0 Å². The summed E-state index contributed by atoms with van der Waals surface area (Å²) in [5.74, 6) is 0. The maximum Gasteiger partial charge on any atom is 0.0467 e. The van der Waals surface area contributed by atoms with E-state index in [1.807, 2.05) is 24.3 Å². The molecule has 0 radical (unpaired) electrons.